The third kappa shape index (κ3) is 6.04. The van der Waals surface area contributed by atoms with E-state index in [4.69, 9.17) is 4.74 Å². The van der Waals surface area contributed by atoms with Gasteiger partial charge >= 0.3 is 0 Å². The average molecular weight is 434 g/mol. The van der Waals surface area contributed by atoms with Crippen LogP contribution in [0.3, 0.4) is 0 Å². The number of hydrogen-bond acceptors (Lipinski definition) is 5. The lowest BCUT2D eigenvalue weighted by Gasteiger charge is -2.28. The minimum Gasteiger partial charge on any atom is -0.383 e. The molecule has 0 spiro atoms. The van der Waals surface area contributed by atoms with Crippen LogP contribution in [0.4, 0.5) is 11.4 Å². The van der Waals surface area contributed by atoms with Gasteiger partial charge in [-0.2, -0.15) is 0 Å². The maximum absolute atomic E-state index is 12.9. The maximum Gasteiger partial charge on any atom is 0.253 e. The number of carbonyl (C=O) groups is 2. The standard InChI is InChI=1S/C21H27N3O5S/c1-15-8-7-9-17(14-15)24(30(4,27)28)16(2)20(25)23-19-11-6-5-10-18(19)21(26)22-12-13-29-3/h5-11,14,16H,12-13H2,1-4H3,(H,22,26)(H,23,25). The fourth-order valence-electron chi connectivity index (χ4n) is 2.96. The van der Waals surface area contributed by atoms with E-state index in [1.54, 1.807) is 42.5 Å². The molecule has 0 saturated heterocycles. The number of aryl methyl sites for hydroxylation is 1. The Labute approximate surface area is 177 Å². The molecule has 0 saturated carbocycles. The predicted octanol–water partition coefficient (Wildman–Crippen LogP) is 2.16. The molecular weight excluding hydrogens is 406 g/mol. The number of methoxy groups -OCH3 is 1. The summed E-state index contributed by atoms with van der Waals surface area (Å²) in [6.45, 7) is 4.02. The monoisotopic (exact) mass is 433 g/mol. The van der Waals surface area contributed by atoms with Gasteiger partial charge in [0.15, 0.2) is 0 Å². The number of amides is 2. The molecule has 0 heterocycles. The summed E-state index contributed by atoms with van der Waals surface area (Å²) in [6, 6.07) is 12.4. The summed E-state index contributed by atoms with van der Waals surface area (Å²) >= 11 is 0. The highest BCUT2D eigenvalue weighted by molar-refractivity contribution is 7.92. The average Bonchev–Trinajstić information content (AvgIpc) is 2.67. The molecule has 0 aliphatic carbocycles. The fraction of sp³-hybridized carbons (Fsp3) is 0.333. The van der Waals surface area contributed by atoms with E-state index in [9.17, 15) is 18.0 Å². The number of para-hydroxylation sites is 1. The van der Waals surface area contributed by atoms with Crippen molar-refractivity contribution < 1.29 is 22.7 Å². The Bertz CT molecular complexity index is 1010. The van der Waals surface area contributed by atoms with Crippen LogP contribution in [-0.4, -0.2) is 52.8 Å². The van der Waals surface area contributed by atoms with Crippen LogP contribution in [-0.2, 0) is 19.6 Å². The van der Waals surface area contributed by atoms with Crippen molar-refractivity contribution in [3.63, 3.8) is 0 Å². The van der Waals surface area contributed by atoms with Gasteiger partial charge in [0.05, 0.1) is 29.8 Å². The maximum atomic E-state index is 12.9. The Morgan fingerprint density at radius 3 is 2.47 bits per heavy atom. The highest BCUT2D eigenvalue weighted by Gasteiger charge is 2.29. The Morgan fingerprint density at radius 2 is 1.83 bits per heavy atom. The van der Waals surface area contributed by atoms with Gasteiger partial charge in [-0.1, -0.05) is 24.3 Å². The summed E-state index contributed by atoms with van der Waals surface area (Å²) in [5, 5.41) is 5.38. The molecule has 2 aromatic carbocycles. The second-order valence-electron chi connectivity index (χ2n) is 6.86. The number of benzene rings is 2. The van der Waals surface area contributed by atoms with E-state index in [1.807, 2.05) is 13.0 Å². The number of nitrogens with zero attached hydrogens (tertiary/aromatic N) is 1. The topological polar surface area (TPSA) is 105 Å². The van der Waals surface area contributed by atoms with Gasteiger partial charge in [-0.15, -0.1) is 0 Å². The third-order valence-electron chi connectivity index (χ3n) is 4.37. The summed E-state index contributed by atoms with van der Waals surface area (Å²) in [6.07, 6.45) is 1.05. The largest absolute Gasteiger partial charge is 0.383 e. The van der Waals surface area contributed by atoms with Gasteiger partial charge in [0, 0.05) is 13.7 Å². The van der Waals surface area contributed by atoms with Crippen molar-refractivity contribution in [1.82, 2.24) is 5.32 Å². The summed E-state index contributed by atoms with van der Waals surface area (Å²) < 4.78 is 30.8. The zero-order chi connectivity index (χ0) is 22.3. The SMILES string of the molecule is COCCNC(=O)c1ccccc1NC(=O)C(C)N(c1cccc(C)c1)S(C)(=O)=O. The van der Waals surface area contributed by atoms with Gasteiger partial charge in [-0.25, -0.2) is 8.42 Å². The third-order valence-corrected chi connectivity index (χ3v) is 5.61. The van der Waals surface area contributed by atoms with Gasteiger partial charge in [0.25, 0.3) is 5.91 Å². The number of hydrogen-bond donors (Lipinski definition) is 2. The Balaban J connectivity index is 2.27. The molecule has 2 aromatic rings. The van der Waals surface area contributed by atoms with Crippen LogP contribution in [0.5, 0.6) is 0 Å². The molecule has 2 N–H and O–H groups in total. The Hall–Kier alpha value is -2.91. The van der Waals surface area contributed by atoms with E-state index in [1.165, 1.54) is 14.0 Å². The highest BCUT2D eigenvalue weighted by atomic mass is 32.2. The smallest absolute Gasteiger partial charge is 0.253 e. The van der Waals surface area contributed by atoms with Crippen LogP contribution in [0.15, 0.2) is 48.5 Å². The highest BCUT2D eigenvalue weighted by Crippen LogP contribution is 2.23. The van der Waals surface area contributed by atoms with Crippen LogP contribution in [0.25, 0.3) is 0 Å². The molecule has 0 aromatic heterocycles. The number of ether oxygens (including phenoxy) is 1. The van der Waals surface area contributed by atoms with Crippen molar-refractivity contribution in [3.05, 3.63) is 59.7 Å². The van der Waals surface area contributed by atoms with Gasteiger partial charge < -0.3 is 15.4 Å². The molecule has 1 unspecified atom stereocenters. The van der Waals surface area contributed by atoms with Crippen LogP contribution in [0.1, 0.15) is 22.8 Å². The normalized spacial score (nSPS) is 12.1. The van der Waals surface area contributed by atoms with Crippen molar-refractivity contribution in [3.8, 4) is 0 Å². The van der Waals surface area contributed by atoms with Gasteiger partial charge in [0.2, 0.25) is 15.9 Å². The van der Waals surface area contributed by atoms with Gasteiger partial charge in [-0.05, 0) is 43.7 Å². The lowest BCUT2D eigenvalue weighted by atomic mass is 10.1. The van der Waals surface area contributed by atoms with Crippen molar-refractivity contribution >= 4 is 33.2 Å². The molecule has 9 heteroatoms. The predicted molar refractivity (Wildman–Crippen MR) is 117 cm³/mol. The van der Waals surface area contributed by atoms with E-state index in [0.717, 1.165) is 16.1 Å². The van der Waals surface area contributed by atoms with Gasteiger partial charge in [-0.3, -0.25) is 13.9 Å². The van der Waals surface area contributed by atoms with E-state index < -0.39 is 22.0 Å². The van der Waals surface area contributed by atoms with Gasteiger partial charge in [0.1, 0.15) is 6.04 Å². The number of rotatable bonds is 9. The van der Waals surface area contributed by atoms with Crippen molar-refractivity contribution in [2.75, 3.05) is 36.1 Å². The van der Waals surface area contributed by atoms with E-state index in [0.29, 0.717) is 24.5 Å². The first-order valence-electron chi connectivity index (χ1n) is 9.38. The first-order valence-corrected chi connectivity index (χ1v) is 11.2. The molecule has 2 rings (SSSR count). The van der Waals surface area contributed by atoms with Crippen LogP contribution >= 0.6 is 0 Å². The molecule has 1 atom stereocenters. The van der Waals surface area contributed by atoms with E-state index in [2.05, 4.69) is 10.6 Å². The van der Waals surface area contributed by atoms with Crippen molar-refractivity contribution in [2.24, 2.45) is 0 Å². The molecule has 0 bridgehead atoms. The van der Waals surface area contributed by atoms with Crippen molar-refractivity contribution in [2.45, 2.75) is 19.9 Å². The van der Waals surface area contributed by atoms with Crippen LogP contribution in [0, 0.1) is 6.92 Å². The molecule has 0 radical (unpaired) electrons. The Morgan fingerprint density at radius 1 is 1.13 bits per heavy atom. The fourth-order valence-corrected chi connectivity index (χ4v) is 4.13. The molecule has 0 aliphatic heterocycles. The molecule has 0 aliphatic rings. The second kappa shape index (κ2) is 10.2. The molecule has 2 amide bonds. The zero-order valence-electron chi connectivity index (χ0n) is 17.5. The Kier molecular flexibility index (Phi) is 7.96. The summed E-state index contributed by atoms with van der Waals surface area (Å²) in [5.74, 6) is -0.923. The van der Waals surface area contributed by atoms with Crippen LogP contribution in [0.2, 0.25) is 0 Å². The molecular formula is C21H27N3O5S. The van der Waals surface area contributed by atoms with E-state index >= 15 is 0 Å². The first-order chi connectivity index (χ1) is 14.1. The lowest BCUT2D eigenvalue weighted by molar-refractivity contribution is -0.116. The first kappa shape index (κ1) is 23.4. The van der Waals surface area contributed by atoms with Crippen LogP contribution < -0.4 is 14.9 Å². The molecule has 30 heavy (non-hydrogen) atoms. The number of sulfonamides is 1. The molecule has 162 valence electrons. The second-order valence-corrected chi connectivity index (χ2v) is 8.72. The summed E-state index contributed by atoms with van der Waals surface area (Å²) in [5.41, 5.74) is 1.83. The number of anilines is 2. The zero-order valence-corrected chi connectivity index (χ0v) is 18.3. The molecule has 0 fully saturated rings. The summed E-state index contributed by atoms with van der Waals surface area (Å²) in [4.78, 5) is 25.3. The quantitative estimate of drug-likeness (QED) is 0.590. The summed E-state index contributed by atoms with van der Waals surface area (Å²) in [7, 11) is -2.20. The number of carbonyl (C=O) groups excluding carboxylic acids is 2. The number of nitrogens with one attached hydrogen (secondary N) is 2. The minimum absolute atomic E-state index is 0.274. The van der Waals surface area contributed by atoms with E-state index in [-0.39, 0.29) is 11.5 Å². The minimum atomic E-state index is -3.73. The van der Waals surface area contributed by atoms with Crippen molar-refractivity contribution in [1.29, 1.82) is 0 Å². The molecule has 8 nitrogen and oxygen atoms in total. The lowest BCUT2D eigenvalue weighted by Crippen LogP contribution is -2.45.